The molecule has 0 bridgehead atoms. The molecule has 6 heteroatoms. The molecule has 0 spiro atoms. The number of benzene rings is 1. The molecular formula is C13H15NO5. The number of methoxy groups -OCH3 is 1. The zero-order valence-corrected chi connectivity index (χ0v) is 10.5. The third-order valence-corrected chi connectivity index (χ3v) is 2.94. The molecule has 102 valence electrons. The minimum Gasteiger partial charge on any atom is -0.497 e. The lowest BCUT2D eigenvalue weighted by Crippen LogP contribution is -2.31. The van der Waals surface area contributed by atoms with Gasteiger partial charge in [0.25, 0.3) is 0 Å². The summed E-state index contributed by atoms with van der Waals surface area (Å²) in [6.07, 6.45) is 1.18. The molecule has 1 aliphatic heterocycles. The molecule has 6 nitrogen and oxygen atoms in total. The van der Waals surface area contributed by atoms with Crippen molar-refractivity contribution in [2.24, 2.45) is 0 Å². The molecule has 1 aliphatic rings. The molecule has 0 aliphatic carbocycles. The number of hydrogen-bond acceptors (Lipinski definition) is 4. The van der Waals surface area contributed by atoms with Gasteiger partial charge in [-0.25, -0.2) is 4.79 Å². The van der Waals surface area contributed by atoms with Gasteiger partial charge in [0.05, 0.1) is 13.2 Å². The van der Waals surface area contributed by atoms with Gasteiger partial charge >= 0.3 is 5.97 Å². The highest BCUT2D eigenvalue weighted by molar-refractivity contribution is 5.91. The Balaban J connectivity index is 2.08. The maximum absolute atomic E-state index is 11.1. The molecule has 19 heavy (non-hydrogen) atoms. The molecule has 0 saturated carbocycles. The molecule has 1 fully saturated rings. The molecule has 1 saturated heterocycles. The van der Waals surface area contributed by atoms with Gasteiger partial charge in [0.15, 0.2) is 0 Å². The Hall–Kier alpha value is -2.24. The normalized spacial score (nSPS) is 17.9. The summed E-state index contributed by atoms with van der Waals surface area (Å²) >= 11 is 0. The first kappa shape index (κ1) is 13.2. The Bertz CT molecular complexity index is 500. The van der Waals surface area contributed by atoms with Crippen LogP contribution in [0.25, 0.3) is 0 Å². The van der Waals surface area contributed by atoms with Crippen LogP contribution in [0.1, 0.15) is 23.2 Å². The Morgan fingerprint density at radius 2 is 2.32 bits per heavy atom. The number of carbonyl (C=O) groups is 2. The first-order valence-corrected chi connectivity index (χ1v) is 5.93. The van der Waals surface area contributed by atoms with E-state index in [1.54, 1.807) is 6.07 Å². The highest BCUT2D eigenvalue weighted by atomic mass is 16.5. The van der Waals surface area contributed by atoms with Crippen molar-refractivity contribution >= 4 is 11.9 Å². The molecule has 0 radical (unpaired) electrons. The zero-order valence-electron chi connectivity index (χ0n) is 10.5. The summed E-state index contributed by atoms with van der Waals surface area (Å²) in [6.45, 7) is 0.249. The quantitative estimate of drug-likeness (QED) is 0.831. The number of aromatic carboxylic acids is 1. The molecule has 0 aromatic heterocycles. The van der Waals surface area contributed by atoms with E-state index in [9.17, 15) is 9.59 Å². The number of carbonyl (C=O) groups excluding carboxylic acids is 1. The Kier molecular flexibility index (Phi) is 3.89. The third-order valence-electron chi connectivity index (χ3n) is 2.94. The molecule has 1 unspecified atom stereocenters. The number of nitrogens with one attached hydrogen (secondary N) is 1. The van der Waals surface area contributed by atoms with Crippen LogP contribution in [0.3, 0.4) is 0 Å². The minimum atomic E-state index is -1.06. The third kappa shape index (κ3) is 3.15. The van der Waals surface area contributed by atoms with E-state index in [0.717, 1.165) is 0 Å². The summed E-state index contributed by atoms with van der Waals surface area (Å²) in [7, 11) is 1.50. The summed E-state index contributed by atoms with van der Waals surface area (Å²) in [6, 6.07) is 4.46. The fourth-order valence-electron chi connectivity index (χ4n) is 1.92. The lowest BCUT2D eigenvalue weighted by molar-refractivity contribution is -0.119. The maximum Gasteiger partial charge on any atom is 0.339 e. The van der Waals surface area contributed by atoms with E-state index < -0.39 is 5.97 Å². The van der Waals surface area contributed by atoms with Crippen molar-refractivity contribution in [1.82, 2.24) is 5.32 Å². The van der Waals surface area contributed by atoms with Crippen molar-refractivity contribution in [3.8, 4) is 11.5 Å². The summed E-state index contributed by atoms with van der Waals surface area (Å²) in [5.41, 5.74) is 0.0742. The van der Waals surface area contributed by atoms with Crippen LogP contribution in [-0.4, -0.2) is 36.7 Å². The molecule has 1 aromatic rings. The molecular weight excluding hydrogens is 250 g/mol. The number of carboxylic acids is 1. The number of carboxylic acid groups (broad SMARTS) is 1. The smallest absolute Gasteiger partial charge is 0.339 e. The van der Waals surface area contributed by atoms with E-state index >= 15 is 0 Å². The largest absolute Gasteiger partial charge is 0.497 e. The fourth-order valence-corrected chi connectivity index (χ4v) is 1.92. The summed E-state index contributed by atoms with van der Waals surface area (Å²) in [4.78, 5) is 22.1. The predicted molar refractivity (Wildman–Crippen MR) is 66.6 cm³/mol. The summed E-state index contributed by atoms with van der Waals surface area (Å²) in [5.74, 6) is -0.297. The van der Waals surface area contributed by atoms with Crippen molar-refractivity contribution < 1.29 is 24.2 Å². The number of ether oxygens (including phenoxy) is 2. The lowest BCUT2D eigenvalue weighted by Gasteiger charge is -2.14. The van der Waals surface area contributed by atoms with Gasteiger partial charge in [-0.1, -0.05) is 0 Å². The second-order valence-electron chi connectivity index (χ2n) is 4.28. The van der Waals surface area contributed by atoms with Crippen LogP contribution in [0.2, 0.25) is 0 Å². The molecule has 2 N–H and O–H groups in total. The number of amides is 1. The first-order chi connectivity index (χ1) is 9.10. The predicted octanol–water partition coefficient (Wildman–Crippen LogP) is 1.05. The van der Waals surface area contributed by atoms with Gasteiger partial charge in [-0.05, 0) is 18.6 Å². The van der Waals surface area contributed by atoms with E-state index in [-0.39, 0.29) is 29.9 Å². The Morgan fingerprint density at radius 1 is 1.53 bits per heavy atom. The number of rotatable bonds is 5. The number of hydrogen-bond donors (Lipinski definition) is 2. The maximum atomic E-state index is 11.1. The first-order valence-electron chi connectivity index (χ1n) is 5.93. The van der Waals surface area contributed by atoms with Crippen molar-refractivity contribution in [2.75, 3.05) is 13.7 Å². The Morgan fingerprint density at radius 3 is 2.89 bits per heavy atom. The zero-order chi connectivity index (χ0) is 13.8. The van der Waals surface area contributed by atoms with Crippen molar-refractivity contribution in [3.63, 3.8) is 0 Å². The van der Waals surface area contributed by atoms with Crippen LogP contribution in [0.15, 0.2) is 18.2 Å². The van der Waals surface area contributed by atoms with Crippen LogP contribution in [0.5, 0.6) is 11.5 Å². The van der Waals surface area contributed by atoms with E-state index in [1.165, 1.54) is 19.2 Å². The van der Waals surface area contributed by atoms with Crippen LogP contribution in [-0.2, 0) is 4.79 Å². The van der Waals surface area contributed by atoms with E-state index in [1.807, 2.05) is 0 Å². The van der Waals surface area contributed by atoms with Gasteiger partial charge in [0.2, 0.25) is 5.91 Å². The molecule has 1 amide bonds. The summed E-state index contributed by atoms with van der Waals surface area (Å²) in [5, 5.41) is 11.8. The summed E-state index contributed by atoms with van der Waals surface area (Å²) < 4.78 is 10.5. The fraction of sp³-hybridized carbons (Fsp3) is 0.385. The van der Waals surface area contributed by atoms with Crippen molar-refractivity contribution in [2.45, 2.75) is 18.9 Å². The van der Waals surface area contributed by atoms with Crippen molar-refractivity contribution in [3.05, 3.63) is 23.8 Å². The van der Waals surface area contributed by atoms with Crippen LogP contribution in [0, 0.1) is 0 Å². The molecule has 1 atom stereocenters. The van der Waals surface area contributed by atoms with Gasteiger partial charge < -0.3 is 19.9 Å². The standard InChI is InChI=1S/C13H15NO5/c1-18-9-3-4-10(13(16)17)11(6-9)19-7-8-2-5-12(15)14-8/h3-4,6,8H,2,5,7H2,1H3,(H,14,15)(H,16,17). The van der Waals surface area contributed by atoms with Gasteiger partial charge in [0.1, 0.15) is 23.7 Å². The topological polar surface area (TPSA) is 84.9 Å². The lowest BCUT2D eigenvalue weighted by atomic mass is 10.2. The van der Waals surface area contributed by atoms with E-state index in [4.69, 9.17) is 14.6 Å². The highest BCUT2D eigenvalue weighted by Crippen LogP contribution is 2.25. The van der Waals surface area contributed by atoms with Gasteiger partial charge in [-0.3, -0.25) is 4.79 Å². The van der Waals surface area contributed by atoms with Crippen LogP contribution in [0.4, 0.5) is 0 Å². The van der Waals surface area contributed by atoms with Crippen LogP contribution < -0.4 is 14.8 Å². The molecule has 1 aromatic carbocycles. The highest BCUT2D eigenvalue weighted by Gasteiger charge is 2.22. The van der Waals surface area contributed by atoms with Gasteiger partial charge in [-0.2, -0.15) is 0 Å². The second-order valence-corrected chi connectivity index (χ2v) is 4.28. The minimum absolute atomic E-state index is 0.00213. The van der Waals surface area contributed by atoms with Gasteiger partial charge in [-0.15, -0.1) is 0 Å². The SMILES string of the molecule is COc1ccc(C(=O)O)c(OCC2CCC(=O)N2)c1. The molecule has 2 rings (SSSR count). The average Bonchev–Trinajstić information content (AvgIpc) is 2.81. The van der Waals surface area contributed by atoms with Gasteiger partial charge in [0, 0.05) is 12.5 Å². The Labute approximate surface area is 110 Å². The second kappa shape index (κ2) is 5.60. The van der Waals surface area contributed by atoms with E-state index in [0.29, 0.717) is 18.6 Å². The van der Waals surface area contributed by atoms with E-state index in [2.05, 4.69) is 5.32 Å². The van der Waals surface area contributed by atoms with Crippen LogP contribution >= 0.6 is 0 Å². The van der Waals surface area contributed by atoms with Crippen molar-refractivity contribution in [1.29, 1.82) is 0 Å². The average molecular weight is 265 g/mol. The molecule has 1 heterocycles. The monoisotopic (exact) mass is 265 g/mol.